The minimum Gasteiger partial charge on any atom is -0.311 e. The molecular weight excluding hydrogens is 260 g/mol. The first kappa shape index (κ1) is 14.4. The zero-order chi connectivity index (χ0) is 14.7. The van der Waals surface area contributed by atoms with Crippen molar-refractivity contribution in [2.45, 2.75) is 12.6 Å². The van der Waals surface area contributed by atoms with E-state index in [9.17, 15) is 0 Å². The van der Waals surface area contributed by atoms with Gasteiger partial charge in [0, 0.05) is 50.3 Å². The standard InChI is InChI=1S/C17H24N4/c1-20-9-10-21(2)16(13-20)12-18-11-15-6-3-5-14-7-4-8-19-17(14)15/h3-8,16,18H,9-13H2,1-2H3. The molecule has 0 spiro atoms. The van der Waals surface area contributed by atoms with E-state index in [-0.39, 0.29) is 0 Å². The summed E-state index contributed by atoms with van der Waals surface area (Å²) >= 11 is 0. The fourth-order valence-corrected chi connectivity index (χ4v) is 3.01. The van der Waals surface area contributed by atoms with Crippen LogP contribution < -0.4 is 5.32 Å². The lowest BCUT2D eigenvalue weighted by Gasteiger charge is -2.37. The first-order chi connectivity index (χ1) is 10.2. The van der Waals surface area contributed by atoms with Crippen LogP contribution in [0.3, 0.4) is 0 Å². The molecule has 0 bridgehead atoms. The van der Waals surface area contributed by atoms with E-state index in [1.54, 1.807) is 0 Å². The second-order valence-electron chi connectivity index (χ2n) is 6.02. The van der Waals surface area contributed by atoms with Crippen LogP contribution in [0.25, 0.3) is 10.9 Å². The summed E-state index contributed by atoms with van der Waals surface area (Å²) in [7, 11) is 4.42. The first-order valence-electron chi connectivity index (χ1n) is 7.66. The quantitative estimate of drug-likeness (QED) is 0.923. The Hall–Kier alpha value is -1.49. The fraction of sp³-hybridized carbons (Fsp3) is 0.471. The van der Waals surface area contributed by atoms with E-state index in [1.165, 1.54) is 17.5 Å². The summed E-state index contributed by atoms with van der Waals surface area (Å²) in [5, 5.41) is 4.82. The van der Waals surface area contributed by atoms with Gasteiger partial charge in [-0.15, -0.1) is 0 Å². The van der Waals surface area contributed by atoms with Crippen LogP contribution in [0.1, 0.15) is 5.56 Å². The van der Waals surface area contributed by atoms with Crippen LogP contribution in [0.5, 0.6) is 0 Å². The van der Waals surface area contributed by atoms with Crippen LogP contribution in [0.4, 0.5) is 0 Å². The highest BCUT2D eigenvalue weighted by Gasteiger charge is 2.21. The second kappa shape index (κ2) is 6.52. The normalized spacial score (nSPS) is 21.0. The molecule has 1 aliphatic rings. The van der Waals surface area contributed by atoms with Crippen LogP contribution in [0.2, 0.25) is 0 Å². The number of aromatic nitrogens is 1. The van der Waals surface area contributed by atoms with Crippen LogP contribution in [-0.4, -0.2) is 61.1 Å². The SMILES string of the molecule is CN1CCN(C)C(CNCc2cccc3cccnc23)C1. The minimum atomic E-state index is 0.590. The highest BCUT2D eigenvalue weighted by molar-refractivity contribution is 5.81. The molecule has 112 valence electrons. The molecule has 1 unspecified atom stereocenters. The molecule has 1 aliphatic heterocycles. The van der Waals surface area contributed by atoms with Gasteiger partial charge in [0.1, 0.15) is 0 Å². The maximum Gasteiger partial charge on any atom is 0.0746 e. The fourth-order valence-electron chi connectivity index (χ4n) is 3.01. The van der Waals surface area contributed by atoms with E-state index >= 15 is 0 Å². The number of pyridine rings is 1. The number of nitrogens with zero attached hydrogens (tertiary/aromatic N) is 3. The number of hydrogen-bond acceptors (Lipinski definition) is 4. The number of para-hydroxylation sites is 1. The Bertz CT molecular complexity index is 593. The number of hydrogen-bond donors (Lipinski definition) is 1. The van der Waals surface area contributed by atoms with E-state index < -0.39 is 0 Å². The Labute approximate surface area is 126 Å². The third kappa shape index (κ3) is 3.40. The molecule has 4 heteroatoms. The topological polar surface area (TPSA) is 31.4 Å². The van der Waals surface area contributed by atoms with Gasteiger partial charge in [0.15, 0.2) is 0 Å². The van der Waals surface area contributed by atoms with Crippen molar-refractivity contribution in [2.24, 2.45) is 0 Å². The summed E-state index contributed by atoms with van der Waals surface area (Å²) in [6.07, 6.45) is 1.87. The van der Waals surface area contributed by atoms with E-state index in [0.29, 0.717) is 6.04 Å². The summed E-state index contributed by atoms with van der Waals surface area (Å²) in [6, 6.07) is 11.1. The lowest BCUT2D eigenvalue weighted by Crippen LogP contribution is -2.53. The van der Waals surface area contributed by atoms with Gasteiger partial charge in [-0.25, -0.2) is 0 Å². The summed E-state index contributed by atoms with van der Waals surface area (Å²) in [5.41, 5.74) is 2.39. The van der Waals surface area contributed by atoms with Gasteiger partial charge in [0.05, 0.1) is 5.52 Å². The number of fused-ring (bicyclic) bond motifs is 1. The summed E-state index contributed by atoms with van der Waals surface area (Å²) < 4.78 is 0. The van der Waals surface area contributed by atoms with Gasteiger partial charge < -0.3 is 10.2 Å². The molecule has 4 nitrogen and oxygen atoms in total. The summed E-state index contributed by atoms with van der Waals surface area (Å²) in [6.45, 7) is 5.35. The highest BCUT2D eigenvalue weighted by Crippen LogP contribution is 2.15. The van der Waals surface area contributed by atoms with Gasteiger partial charge in [0.2, 0.25) is 0 Å². The number of benzene rings is 1. The van der Waals surface area contributed by atoms with Crippen LogP contribution in [-0.2, 0) is 6.54 Å². The van der Waals surface area contributed by atoms with Crippen molar-refractivity contribution in [3.05, 3.63) is 42.1 Å². The molecule has 1 saturated heterocycles. The average molecular weight is 284 g/mol. The maximum atomic E-state index is 4.51. The van der Waals surface area contributed by atoms with Crippen molar-refractivity contribution in [3.8, 4) is 0 Å². The number of piperazine rings is 1. The van der Waals surface area contributed by atoms with Gasteiger partial charge >= 0.3 is 0 Å². The van der Waals surface area contributed by atoms with Crippen molar-refractivity contribution in [1.82, 2.24) is 20.1 Å². The minimum absolute atomic E-state index is 0.590. The van der Waals surface area contributed by atoms with Crippen LogP contribution >= 0.6 is 0 Å². The molecule has 2 heterocycles. The summed E-state index contributed by atoms with van der Waals surface area (Å²) in [5.74, 6) is 0. The first-order valence-corrected chi connectivity index (χ1v) is 7.66. The molecule has 3 rings (SSSR count). The molecule has 2 aromatic rings. The predicted molar refractivity (Wildman–Crippen MR) is 87.4 cm³/mol. The van der Waals surface area contributed by atoms with Gasteiger partial charge in [-0.2, -0.15) is 0 Å². The number of rotatable bonds is 4. The van der Waals surface area contributed by atoms with Crippen molar-refractivity contribution in [1.29, 1.82) is 0 Å². The lowest BCUT2D eigenvalue weighted by atomic mass is 10.1. The molecular formula is C17H24N4. The number of likely N-dealkylation sites (N-methyl/N-ethyl adjacent to an activating group) is 2. The Morgan fingerprint density at radius 2 is 2.05 bits per heavy atom. The smallest absolute Gasteiger partial charge is 0.0746 e. The molecule has 0 aliphatic carbocycles. The van der Waals surface area contributed by atoms with Crippen molar-refractivity contribution in [3.63, 3.8) is 0 Å². The van der Waals surface area contributed by atoms with Crippen LogP contribution in [0.15, 0.2) is 36.5 Å². The molecule has 21 heavy (non-hydrogen) atoms. The monoisotopic (exact) mass is 284 g/mol. The van der Waals surface area contributed by atoms with Crippen molar-refractivity contribution in [2.75, 3.05) is 40.3 Å². The highest BCUT2D eigenvalue weighted by atomic mass is 15.3. The molecule has 0 saturated carbocycles. The van der Waals surface area contributed by atoms with E-state index in [1.807, 2.05) is 12.3 Å². The Morgan fingerprint density at radius 3 is 2.95 bits per heavy atom. The lowest BCUT2D eigenvalue weighted by molar-refractivity contribution is 0.113. The van der Waals surface area contributed by atoms with E-state index in [4.69, 9.17) is 0 Å². The Morgan fingerprint density at radius 1 is 1.19 bits per heavy atom. The predicted octanol–water partition coefficient (Wildman–Crippen LogP) is 1.57. The van der Waals surface area contributed by atoms with E-state index in [2.05, 4.69) is 58.5 Å². The Kier molecular flexibility index (Phi) is 4.48. The summed E-state index contributed by atoms with van der Waals surface area (Å²) in [4.78, 5) is 9.38. The molecule has 1 fully saturated rings. The molecule has 1 aromatic heterocycles. The molecule has 1 N–H and O–H groups in total. The third-order valence-electron chi connectivity index (χ3n) is 4.39. The van der Waals surface area contributed by atoms with Gasteiger partial charge in [-0.05, 0) is 25.7 Å². The molecule has 1 aromatic carbocycles. The molecule has 0 radical (unpaired) electrons. The average Bonchev–Trinajstić information content (AvgIpc) is 2.51. The molecule has 0 amide bonds. The van der Waals surface area contributed by atoms with Gasteiger partial charge in [0.25, 0.3) is 0 Å². The Balaban J connectivity index is 1.62. The number of nitrogens with one attached hydrogen (secondary N) is 1. The maximum absolute atomic E-state index is 4.51. The zero-order valence-corrected chi connectivity index (χ0v) is 12.9. The van der Waals surface area contributed by atoms with Gasteiger partial charge in [-0.3, -0.25) is 9.88 Å². The second-order valence-corrected chi connectivity index (χ2v) is 6.02. The van der Waals surface area contributed by atoms with Crippen molar-refractivity contribution < 1.29 is 0 Å². The van der Waals surface area contributed by atoms with Gasteiger partial charge in [-0.1, -0.05) is 24.3 Å². The third-order valence-corrected chi connectivity index (χ3v) is 4.39. The van der Waals surface area contributed by atoms with E-state index in [0.717, 1.165) is 31.7 Å². The van der Waals surface area contributed by atoms with Crippen LogP contribution in [0, 0.1) is 0 Å². The van der Waals surface area contributed by atoms with Crippen molar-refractivity contribution >= 4 is 10.9 Å². The largest absolute Gasteiger partial charge is 0.311 e. The zero-order valence-electron chi connectivity index (χ0n) is 12.9. The molecule has 1 atom stereocenters.